The smallest absolute Gasteiger partial charge is 0.118 e. The molecule has 1 aromatic rings. The molecule has 1 aliphatic heterocycles. The van der Waals surface area contributed by atoms with E-state index in [1.165, 1.54) is 13.0 Å². The van der Waals surface area contributed by atoms with Gasteiger partial charge in [-0.3, -0.25) is 4.90 Å². The zero-order chi connectivity index (χ0) is 10.8. The van der Waals surface area contributed by atoms with Gasteiger partial charge in [-0.15, -0.1) is 0 Å². The van der Waals surface area contributed by atoms with Gasteiger partial charge in [-0.05, 0) is 31.4 Å². The summed E-state index contributed by atoms with van der Waals surface area (Å²) in [6.07, 6.45) is 1.30. The van der Waals surface area contributed by atoms with Gasteiger partial charge in [-0.1, -0.05) is 6.92 Å². The Morgan fingerprint density at radius 2 is 2.13 bits per heavy atom. The van der Waals surface area contributed by atoms with Crippen LogP contribution in [0.1, 0.15) is 31.8 Å². The molecule has 0 aromatic carbocycles. The molecule has 2 rings (SSSR count). The zero-order valence-corrected chi connectivity index (χ0v) is 9.57. The molecule has 15 heavy (non-hydrogen) atoms. The highest BCUT2D eigenvalue weighted by molar-refractivity contribution is 5.07. The van der Waals surface area contributed by atoms with Crippen LogP contribution in [0.4, 0.5) is 0 Å². The van der Waals surface area contributed by atoms with Crippen molar-refractivity contribution in [2.24, 2.45) is 11.7 Å². The number of hydrogen-bond donors (Lipinski definition) is 1. The summed E-state index contributed by atoms with van der Waals surface area (Å²) >= 11 is 0. The molecule has 2 N–H and O–H groups in total. The Kier molecular flexibility index (Phi) is 3.12. The Balaban J connectivity index is 1.96. The average molecular weight is 208 g/mol. The molecule has 3 heteroatoms. The van der Waals surface area contributed by atoms with Gasteiger partial charge < -0.3 is 10.2 Å². The SMILES string of the molecule is CC1CC(C)N(Cc2ccc(CN)o2)C1. The van der Waals surface area contributed by atoms with Crippen molar-refractivity contribution in [2.75, 3.05) is 6.54 Å². The lowest BCUT2D eigenvalue weighted by atomic mass is 10.1. The summed E-state index contributed by atoms with van der Waals surface area (Å²) < 4.78 is 5.61. The van der Waals surface area contributed by atoms with E-state index in [1.54, 1.807) is 0 Å². The number of rotatable bonds is 3. The third kappa shape index (κ3) is 2.41. The molecule has 84 valence electrons. The lowest BCUT2D eigenvalue weighted by Crippen LogP contribution is -2.26. The topological polar surface area (TPSA) is 42.4 Å². The number of nitrogens with zero attached hydrogens (tertiary/aromatic N) is 1. The molecule has 0 aliphatic carbocycles. The minimum atomic E-state index is 0.492. The quantitative estimate of drug-likeness (QED) is 0.825. The van der Waals surface area contributed by atoms with Crippen molar-refractivity contribution in [1.29, 1.82) is 0 Å². The van der Waals surface area contributed by atoms with Crippen molar-refractivity contribution in [1.82, 2.24) is 4.90 Å². The van der Waals surface area contributed by atoms with E-state index in [1.807, 2.05) is 12.1 Å². The Labute approximate surface area is 91.2 Å². The molecule has 1 aliphatic rings. The predicted molar refractivity (Wildman–Crippen MR) is 60.3 cm³/mol. The lowest BCUT2D eigenvalue weighted by Gasteiger charge is -2.19. The van der Waals surface area contributed by atoms with E-state index in [-0.39, 0.29) is 0 Å². The normalized spacial score (nSPS) is 27.4. The van der Waals surface area contributed by atoms with Gasteiger partial charge in [-0.25, -0.2) is 0 Å². The average Bonchev–Trinajstić information content (AvgIpc) is 2.75. The van der Waals surface area contributed by atoms with Gasteiger partial charge >= 0.3 is 0 Å². The van der Waals surface area contributed by atoms with Gasteiger partial charge in [0.15, 0.2) is 0 Å². The number of likely N-dealkylation sites (tertiary alicyclic amines) is 1. The maximum atomic E-state index is 5.61. The minimum Gasteiger partial charge on any atom is -0.463 e. The summed E-state index contributed by atoms with van der Waals surface area (Å²) in [5.74, 6) is 2.73. The fraction of sp³-hybridized carbons (Fsp3) is 0.667. The van der Waals surface area contributed by atoms with E-state index in [4.69, 9.17) is 10.2 Å². The minimum absolute atomic E-state index is 0.492. The molecule has 0 saturated carbocycles. The second-order valence-electron chi connectivity index (χ2n) is 4.69. The Morgan fingerprint density at radius 1 is 1.40 bits per heavy atom. The van der Waals surface area contributed by atoms with Crippen molar-refractivity contribution in [3.8, 4) is 0 Å². The van der Waals surface area contributed by atoms with Crippen LogP contribution in [0.3, 0.4) is 0 Å². The zero-order valence-electron chi connectivity index (χ0n) is 9.57. The second kappa shape index (κ2) is 4.37. The molecule has 0 amide bonds. The molecular weight excluding hydrogens is 188 g/mol. The molecule has 2 atom stereocenters. The fourth-order valence-electron chi connectivity index (χ4n) is 2.42. The van der Waals surface area contributed by atoms with Gasteiger partial charge in [0.25, 0.3) is 0 Å². The molecular formula is C12H20N2O. The molecule has 2 unspecified atom stereocenters. The van der Waals surface area contributed by atoms with Gasteiger partial charge in [0.05, 0.1) is 13.1 Å². The third-order valence-electron chi connectivity index (χ3n) is 3.19. The third-order valence-corrected chi connectivity index (χ3v) is 3.19. The van der Waals surface area contributed by atoms with Crippen LogP contribution in [0.15, 0.2) is 16.5 Å². The number of furan rings is 1. The van der Waals surface area contributed by atoms with Gasteiger partial charge in [0.1, 0.15) is 11.5 Å². The fourth-order valence-corrected chi connectivity index (χ4v) is 2.42. The van der Waals surface area contributed by atoms with E-state index in [9.17, 15) is 0 Å². The van der Waals surface area contributed by atoms with Gasteiger partial charge in [0, 0.05) is 12.6 Å². The second-order valence-corrected chi connectivity index (χ2v) is 4.69. The van der Waals surface area contributed by atoms with E-state index in [2.05, 4.69) is 18.7 Å². The summed E-state index contributed by atoms with van der Waals surface area (Å²) in [5, 5.41) is 0. The molecule has 3 nitrogen and oxygen atoms in total. The van der Waals surface area contributed by atoms with Crippen molar-refractivity contribution in [3.05, 3.63) is 23.7 Å². The van der Waals surface area contributed by atoms with E-state index in [0.717, 1.165) is 24.0 Å². The summed E-state index contributed by atoms with van der Waals surface area (Å²) in [6.45, 7) is 7.19. The molecule has 0 bridgehead atoms. The van der Waals surface area contributed by atoms with Crippen LogP contribution in [-0.2, 0) is 13.1 Å². The monoisotopic (exact) mass is 208 g/mol. The maximum absolute atomic E-state index is 5.61. The molecule has 1 aromatic heterocycles. The summed E-state index contributed by atoms with van der Waals surface area (Å²) in [6, 6.07) is 4.68. The summed E-state index contributed by atoms with van der Waals surface area (Å²) in [5.41, 5.74) is 5.51. The first-order chi connectivity index (χ1) is 7.19. The van der Waals surface area contributed by atoms with Gasteiger partial charge in [-0.2, -0.15) is 0 Å². The van der Waals surface area contributed by atoms with Crippen LogP contribution < -0.4 is 5.73 Å². The molecule has 2 heterocycles. The van der Waals surface area contributed by atoms with Crippen LogP contribution in [0, 0.1) is 5.92 Å². The molecule has 1 fully saturated rings. The first-order valence-corrected chi connectivity index (χ1v) is 5.70. The van der Waals surface area contributed by atoms with Crippen LogP contribution >= 0.6 is 0 Å². The molecule has 0 radical (unpaired) electrons. The van der Waals surface area contributed by atoms with Crippen LogP contribution in [0.5, 0.6) is 0 Å². The highest BCUT2D eigenvalue weighted by Gasteiger charge is 2.26. The molecule has 0 spiro atoms. The Morgan fingerprint density at radius 3 is 2.67 bits per heavy atom. The standard InChI is InChI=1S/C12H20N2O/c1-9-5-10(2)14(7-9)8-12-4-3-11(6-13)15-12/h3-4,9-10H,5-8,13H2,1-2H3. The first kappa shape index (κ1) is 10.7. The molecule has 1 saturated heterocycles. The van der Waals surface area contributed by atoms with Crippen molar-refractivity contribution >= 4 is 0 Å². The summed E-state index contributed by atoms with van der Waals surface area (Å²) in [7, 11) is 0. The van der Waals surface area contributed by atoms with E-state index < -0.39 is 0 Å². The predicted octanol–water partition coefficient (Wildman–Crippen LogP) is 1.97. The van der Waals surface area contributed by atoms with Crippen molar-refractivity contribution in [2.45, 2.75) is 39.4 Å². The number of nitrogens with two attached hydrogens (primary N) is 1. The van der Waals surface area contributed by atoms with Crippen LogP contribution in [-0.4, -0.2) is 17.5 Å². The Hall–Kier alpha value is -0.800. The number of hydrogen-bond acceptors (Lipinski definition) is 3. The van der Waals surface area contributed by atoms with Crippen molar-refractivity contribution < 1.29 is 4.42 Å². The van der Waals surface area contributed by atoms with E-state index in [0.29, 0.717) is 12.6 Å². The first-order valence-electron chi connectivity index (χ1n) is 5.70. The maximum Gasteiger partial charge on any atom is 0.118 e. The highest BCUT2D eigenvalue weighted by atomic mass is 16.3. The van der Waals surface area contributed by atoms with Crippen LogP contribution in [0.25, 0.3) is 0 Å². The van der Waals surface area contributed by atoms with Gasteiger partial charge in [0.2, 0.25) is 0 Å². The van der Waals surface area contributed by atoms with Crippen molar-refractivity contribution in [3.63, 3.8) is 0 Å². The largest absolute Gasteiger partial charge is 0.463 e. The van der Waals surface area contributed by atoms with Crippen LogP contribution in [0.2, 0.25) is 0 Å². The van der Waals surface area contributed by atoms with E-state index >= 15 is 0 Å². The summed E-state index contributed by atoms with van der Waals surface area (Å²) in [4.78, 5) is 2.48. The highest BCUT2D eigenvalue weighted by Crippen LogP contribution is 2.24. The Bertz CT molecular complexity index is 321. The lowest BCUT2D eigenvalue weighted by molar-refractivity contribution is 0.233.